The van der Waals surface area contributed by atoms with Crippen LogP contribution in [0.3, 0.4) is 0 Å². The molecule has 2 aliphatic rings. The maximum Gasteiger partial charge on any atom is 0.186 e. The van der Waals surface area contributed by atoms with E-state index in [0.29, 0.717) is 18.2 Å². The highest BCUT2D eigenvalue weighted by molar-refractivity contribution is 7.17. The van der Waals surface area contributed by atoms with Gasteiger partial charge in [0.05, 0.1) is 10.6 Å². The van der Waals surface area contributed by atoms with Gasteiger partial charge in [-0.05, 0) is 31.1 Å². The maximum atomic E-state index is 12.3. The second-order valence-corrected chi connectivity index (χ2v) is 7.97. The molecule has 20 heavy (non-hydrogen) atoms. The highest BCUT2D eigenvalue weighted by Gasteiger charge is 2.36. The second kappa shape index (κ2) is 5.14. The van der Waals surface area contributed by atoms with Crippen LogP contribution in [0.25, 0.3) is 0 Å². The number of nitrogens with zero attached hydrogens (tertiary/aromatic N) is 2. The number of carbonyl (C=O) groups is 1. The van der Waals surface area contributed by atoms with E-state index in [-0.39, 0.29) is 5.41 Å². The molecule has 0 N–H and O–H groups in total. The van der Waals surface area contributed by atoms with E-state index < -0.39 is 0 Å². The van der Waals surface area contributed by atoms with Crippen LogP contribution in [0, 0.1) is 5.41 Å². The van der Waals surface area contributed by atoms with Gasteiger partial charge >= 0.3 is 0 Å². The number of Topliss-reactive ketones (excluding diaryl/α,β-unsaturated/α-hetero) is 1. The molecule has 1 heterocycles. The van der Waals surface area contributed by atoms with Crippen LogP contribution < -0.4 is 4.90 Å². The van der Waals surface area contributed by atoms with E-state index in [4.69, 9.17) is 4.98 Å². The average Bonchev–Trinajstić information content (AvgIpc) is 3.09. The van der Waals surface area contributed by atoms with Crippen molar-refractivity contribution in [3.05, 3.63) is 10.6 Å². The third-order valence-corrected chi connectivity index (χ3v) is 5.39. The van der Waals surface area contributed by atoms with Gasteiger partial charge < -0.3 is 4.90 Å². The summed E-state index contributed by atoms with van der Waals surface area (Å²) < 4.78 is 0. The van der Waals surface area contributed by atoms with E-state index >= 15 is 0 Å². The first-order valence-electron chi connectivity index (χ1n) is 7.80. The lowest BCUT2D eigenvalue weighted by Crippen LogP contribution is -2.27. The molecule has 3 nitrogen and oxygen atoms in total. The van der Waals surface area contributed by atoms with Crippen molar-refractivity contribution in [3.63, 3.8) is 0 Å². The topological polar surface area (TPSA) is 33.2 Å². The summed E-state index contributed by atoms with van der Waals surface area (Å²) in [5.41, 5.74) is 1.12. The Morgan fingerprint density at radius 3 is 2.75 bits per heavy atom. The summed E-state index contributed by atoms with van der Waals surface area (Å²) in [6, 6.07) is 0.678. The summed E-state index contributed by atoms with van der Waals surface area (Å²) in [5, 5.41) is 1.09. The van der Waals surface area contributed by atoms with Crippen LogP contribution in [-0.2, 0) is 6.42 Å². The van der Waals surface area contributed by atoms with E-state index in [1.54, 1.807) is 11.3 Å². The molecule has 0 aromatic carbocycles. The third kappa shape index (κ3) is 2.76. The van der Waals surface area contributed by atoms with Crippen molar-refractivity contribution in [2.45, 2.75) is 65.3 Å². The fourth-order valence-corrected chi connectivity index (χ4v) is 4.10. The maximum absolute atomic E-state index is 12.3. The van der Waals surface area contributed by atoms with E-state index in [2.05, 4.69) is 25.7 Å². The minimum absolute atomic E-state index is 0.0727. The summed E-state index contributed by atoms with van der Waals surface area (Å²) in [7, 11) is 0. The molecule has 0 radical (unpaired) electrons. The zero-order chi connectivity index (χ0) is 14.3. The SMILES string of the molecule is CCCCN(c1nc2c(s1)C(=O)CC(C)(C)C2)C1CC1. The number of fused-ring (bicyclic) bond motifs is 1. The molecule has 110 valence electrons. The number of unbranched alkanes of at least 4 members (excludes halogenated alkanes) is 1. The monoisotopic (exact) mass is 292 g/mol. The van der Waals surface area contributed by atoms with Crippen molar-refractivity contribution >= 4 is 22.3 Å². The fraction of sp³-hybridized carbons (Fsp3) is 0.750. The molecule has 1 aromatic heterocycles. The lowest BCUT2D eigenvalue weighted by Gasteiger charge is -2.26. The van der Waals surface area contributed by atoms with Crippen molar-refractivity contribution in [2.24, 2.45) is 5.41 Å². The van der Waals surface area contributed by atoms with Gasteiger partial charge in [0, 0.05) is 19.0 Å². The van der Waals surface area contributed by atoms with Gasteiger partial charge in [-0.3, -0.25) is 4.79 Å². The van der Waals surface area contributed by atoms with Crippen LogP contribution >= 0.6 is 11.3 Å². The molecular weight excluding hydrogens is 268 g/mol. The zero-order valence-corrected chi connectivity index (χ0v) is 13.6. The molecule has 0 amide bonds. The Balaban J connectivity index is 1.86. The first-order chi connectivity index (χ1) is 9.50. The molecule has 3 rings (SSSR count). The average molecular weight is 292 g/mol. The fourth-order valence-electron chi connectivity index (χ4n) is 2.98. The smallest absolute Gasteiger partial charge is 0.186 e. The first-order valence-corrected chi connectivity index (χ1v) is 8.61. The van der Waals surface area contributed by atoms with Crippen LogP contribution in [0.15, 0.2) is 0 Å². The molecule has 1 fully saturated rings. The van der Waals surface area contributed by atoms with Crippen LogP contribution in [0.1, 0.15) is 68.2 Å². The predicted octanol–water partition coefficient (Wildman–Crippen LogP) is 4.07. The Morgan fingerprint density at radius 1 is 1.35 bits per heavy atom. The summed E-state index contributed by atoms with van der Waals surface area (Å²) in [5.74, 6) is 0.297. The second-order valence-electron chi connectivity index (χ2n) is 6.99. The highest BCUT2D eigenvalue weighted by Crippen LogP contribution is 2.41. The summed E-state index contributed by atoms with van der Waals surface area (Å²) in [6.45, 7) is 7.65. The molecule has 1 saturated carbocycles. The molecular formula is C16H24N2OS. The van der Waals surface area contributed by atoms with Crippen molar-refractivity contribution in [1.82, 2.24) is 4.98 Å². The number of hydrogen-bond acceptors (Lipinski definition) is 4. The van der Waals surface area contributed by atoms with E-state index in [0.717, 1.165) is 28.7 Å². The van der Waals surface area contributed by atoms with Crippen LogP contribution in [-0.4, -0.2) is 23.4 Å². The number of hydrogen-bond donors (Lipinski definition) is 0. The van der Waals surface area contributed by atoms with E-state index in [9.17, 15) is 4.79 Å². The molecule has 0 aliphatic heterocycles. The van der Waals surface area contributed by atoms with Gasteiger partial charge in [0.2, 0.25) is 0 Å². The Kier molecular flexibility index (Phi) is 3.61. The van der Waals surface area contributed by atoms with Crippen molar-refractivity contribution in [2.75, 3.05) is 11.4 Å². The number of thiazole rings is 1. The van der Waals surface area contributed by atoms with E-state index in [1.807, 2.05) is 0 Å². The van der Waals surface area contributed by atoms with Gasteiger partial charge in [-0.1, -0.05) is 38.5 Å². The van der Waals surface area contributed by atoms with Gasteiger partial charge in [-0.25, -0.2) is 4.98 Å². The van der Waals surface area contributed by atoms with Crippen molar-refractivity contribution < 1.29 is 4.79 Å². The molecule has 0 spiro atoms. The molecule has 4 heteroatoms. The quantitative estimate of drug-likeness (QED) is 0.820. The molecule has 1 aromatic rings. The number of rotatable bonds is 5. The molecule has 0 atom stereocenters. The predicted molar refractivity (Wildman–Crippen MR) is 83.8 cm³/mol. The third-order valence-electron chi connectivity index (χ3n) is 4.21. The van der Waals surface area contributed by atoms with Gasteiger partial charge in [-0.2, -0.15) is 0 Å². The lowest BCUT2D eigenvalue weighted by atomic mass is 9.78. The number of aromatic nitrogens is 1. The Morgan fingerprint density at radius 2 is 2.10 bits per heavy atom. The largest absolute Gasteiger partial charge is 0.345 e. The summed E-state index contributed by atoms with van der Waals surface area (Å²) in [6.07, 6.45) is 6.60. The van der Waals surface area contributed by atoms with Crippen LogP contribution in [0.2, 0.25) is 0 Å². The number of ketones is 1. The number of anilines is 1. The van der Waals surface area contributed by atoms with Crippen molar-refractivity contribution in [3.8, 4) is 0 Å². The Labute approximate surface area is 125 Å². The van der Waals surface area contributed by atoms with Gasteiger partial charge in [0.1, 0.15) is 0 Å². The minimum Gasteiger partial charge on any atom is -0.345 e. The Bertz CT molecular complexity index is 517. The molecule has 0 unspecified atom stereocenters. The minimum atomic E-state index is 0.0727. The summed E-state index contributed by atoms with van der Waals surface area (Å²) >= 11 is 1.64. The van der Waals surface area contributed by atoms with Crippen molar-refractivity contribution in [1.29, 1.82) is 0 Å². The van der Waals surface area contributed by atoms with Gasteiger partial charge in [0.15, 0.2) is 10.9 Å². The van der Waals surface area contributed by atoms with Gasteiger partial charge in [-0.15, -0.1) is 0 Å². The Hall–Kier alpha value is -0.900. The standard InChI is InChI=1S/C16H24N2OS/c1-4-5-8-18(11-6-7-11)15-17-12-9-16(2,3)10-13(19)14(12)20-15/h11H,4-10H2,1-3H3. The van der Waals surface area contributed by atoms with Gasteiger partial charge in [0.25, 0.3) is 0 Å². The summed E-state index contributed by atoms with van der Waals surface area (Å²) in [4.78, 5) is 20.5. The molecule has 0 saturated heterocycles. The number of carbonyl (C=O) groups excluding carboxylic acids is 1. The van der Waals surface area contributed by atoms with Crippen LogP contribution in [0.5, 0.6) is 0 Å². The molecule has 0 bridgehead atoms. The zero-order valence-electron chi connectivity index (χ0n) is 12.7. The van der Waals surface area contributed by atoms with Crippen LogP contribution in [0.4, 0.5) is 5.13 Å². The highest BCUT2D eigenvalue weighted by atomic mass is 32.1. The molecule has 2 aliphatic carbocycles. The lowest BCUT2D eigenvalue weighted by molar-refractivity contribution is 0.0916. The van der Waals surface area contributed by atoms with E-state index in [1.165, 1.54) is 25.7 Å². The normalized spacial score (nSPS) is 20.9. The first kappa shape index (κ1) is 14.1.